The molecular formula is C28H28N2O3S. The Morgan fingerprint density at radius 2 is 1.71 bits per heavy atom. The summed E-state index contributed by atoms with van der Waals surface area (Å²) in [4.78, 5) is 27.3. The maximum absolute atomic E-state index is 13.6. The van der Waals surface area contributed by atoms with Crippen molar-refractivity contribution in [1.29, 1.82) is 0 Å². The monoisotopic (exact) mass is 472 g/mol. The van der Waals surface area contributed by atoms with Crippen molar-refractivity contribution in [3.8, 4) is 5.75 Å². The molecule has 1 aliphatic carbocycles. The molecule has 0 saturated heterocycles. The zero-order valence-electron chi connectivity index (χ0n) is 19.0. The molecule has 2 heterocycles. The molecule has 1 aliphatic heterocycles. The standard InChI is InChI=1S/C28H28N2O3S/c31-26(20-10-3-1-4-11-20)29-23(18-21-12-9-17-34-21)27(32)30-24-19-28(15-7-2-8-16-28)33-25-14-6-5-13-22(24)25/h1,3-6,9-14,17-18,24H,2,7-8,15-16,19H2,(H,29,31)(H,30,32)/b23-18-/t24-/m1/s1. The maximum atomic E-state index is 13.6. The predicted octanol–water partition coefficient (Wildman–Crippen LogP) is 5.86. The van der Waals surface area contributed by atoms with E-state index >= 15 is 0 Å². The number of para-hydroxylation sites is 1. The molecule has 1 aromatic heterocycles. The van der Waals surface area contributed by atoms with Gasteiger partial charge in [0.2, 0.25) is 0 Å². The van der Waals surface area contributed by atoms with Crippen molar-refractivity contribution in [2.75, 3.05) is 0 Å². The molecule has 2 N–H and O–H groups in total. The van der Waals surface area contributed by atoms with Crippen molar-refractivity contribution in [1.82, 2.24) is 10.6 Å². The number of carbonyl (C=O) groups is 2. The lowest BCUT2D eigenvalue weighted by molar-refractivity contribution is -0.119. The van der Waals surface area contributed by atoms with E-state index in [-0.39, 0.29) is 29.2 Å². The van der Waals surface area contributed by atoms with Crippen molar-refractivity contribution >= 4 is 29.2 Å². The van der Waals surface area contributed by atoms with Gasteiger partial charge in [0.1, 0.15) is 17.0 Å². The number of hydrogen-bond donors (Lipinski definition) is 2. The van der Waals surface area contributed by atoms with E-state index in [0.717, 1.165) is 48.3 Å². The molecule has 0 bridgehead atoms. The summed E-state index contributed by atoms with van der Waals surface area (Å²) in [6, 6.07) is 20.5. The van der Waals surface area contributed by atoms with Crippen LogP contribution >= 0.6 is 11.3 Å². The number of nitrogens with one attached hydrogen (secondary N) is 2. The van der Waals surface area contributed by atoms with Gasteiger partial charge in [-0.1, -0.05) is 48.9 Å². The van der Waals surface area contributed by atoms with Crippen LogP contribution in [0.5, 0.6) is 5.75 Å². The van der Waals surface area contributed by atoms with Crippen LogP contribution in [0, 0.1) is 0 Å². The summed E-state index contributed by atoms with van der Waals surface area (Å²) < 4.78 is 6.51. The van der Waals surface area contributed by atoms with Crippen LogP contribution in [0.4, 0.5) is 0 Å². The average Bonchev–Trinajstić information content (AvgIpc) is 3.38. The molecule has 5 rings (SSSR count). The molecule has 6 heteroatoms. The van der Waals surface area contributed by atoms with E-state index in [1.807, 2.05) is 47.8 Å². The van der Waals surface area contributed by atoms with Crippen LogP contribution in [-0.2, 0) is 4.79 Å². The third-order valence-corrected chi connectivity index (χ3v) is 7.45. The minimum absolute atomic E-state index is 0.184. The van der Waals surface area contributed by atoms with Crippen molar-refractivity contribution in [3.05, 3.63) is 93.8 Å². The van der Waals surface area contributed by atoms with E-state index in [2.05, 4.69) is 10.6 Å². The molecule has 3 aromatic rings. The Bertz CT molecular complexity index is 1180. The Morgan fingerprint density at radius 1 is 0.941 bits per heavy atom. The SMILES string of the molecule is O=C(N[C@@H]1CC2(CCCCC2)Oc2ccccc21)/C(=C/c1cccs1)NC(=O)c1ccccc1. The first kappa shape index (κ1) is 22.4. The zero-order valence-corrected chi connectivity index (χ0v) is 19.8. The van der Waals surface area contributed by atoms with Gasteiger partial charge in [0.05, 0.1) is 6.04 Å². The Kier molecular flexibility index (Phi) is 6.50. The first-order valence-electron chi connectivity index (χ1n) is 11.8. The van der Waals surface area contributed by atoms with E-state index in [1.165, 1.54) is 17.8 Å². The van der Waals surface area contributed by atoms with Gasteiger partial charge >= 0.3 is 0 Å². The minimum Gasteiger partial charge on any atom is -0.487 e. The van der Waals surface area contributed by atoms with E-state index in [4.69, 9.17) is 4.74 Å². The fourth-order valence-electron chi connectivity index (χ4n) is 4.94. The Hall–Kier alpha value is -3.38. The van der Waals surface area contributed by atoms with Crippen LogP contribution in [0.3, 0.4) is 0 Å². The van der Waals surface area contributed by atoms with Crippen LogP contribution in [0.15, 0.2) is 77.8 Å². The summed E-state index contributed by atoms with van der Waals surface area (Å²) in [5, 5.41) is 8.01. The molecule has 5 nitrogen and oxygen atoms in total. The summed E-state index contributed by atoms with van der Waals surface area (Å²) in [6.45, 7) is 0. The second-order valence-electron chi connectivity index (χ2n) is 9.01. The third-order valence-electron chi connectivity index (χ3n) is 6.63. The summed E-state index contributed by atoms with van der Waals surface area (Å²) in [5.74, 6) is 0.234. The van der Waals surface area contributed by atoms with Gasteiger partial charge in [-0.25, -0.2) is 0 Å². The van der Waals surface area contributed by atoms with Crippen molar-refractivity contribution in [2.45, 2.75) is 50.2 Å². The van der Waals surface area contributed by atoms with Gasteiger partial charge in [-0.05, 0) is 61.4 Å². The molecule has 1 atom stereocenters. The molecule has 2 aromatic carbocycles. The third kappa shape index (κ3) is 4.92. The van der Waals surface area contributed by atoms with Crippen LogP contribution in [0.2, 0.25) is 0 Å². The highest BCUT2D eigenvalue weighted by Gasteiger charge is 2.42. The average molecular weight is 473 g/mol. The van der Waals surface area contributed by atoms with Gasteiger partial charge in [0.15, 0.2) is 0 Å². The molecule has 1 saturated carbocycles. The number of fused-ring (bicyclic) bond motifs is 1. The Balaban J connectivity index is 1.41. The predicted molar refractivity (Wildman–Crippen MR) is 135 cm³/mol. The lowest BCUT2D eigenvalue weighted by atomic mass is 9.77. The number of hydrogen-bond acceptors (Lipinski definition) is 4. The highest BCUT2D eigenvalue weighted by atomic mass is 32.1. The largest absolute Gasteiger partial charge is 0.487 e. The van der Waals surface area contributed by atoms with Gasteiger partial charge in [-0.3, -0.25) is 9.59 Å². The fraction of sp³-hybridized carbons (Fsp3) is 0.286. The van der Waals surface area contributed by atoms with Gasteiger partial charge in [0, 0.05) is 22.4 Å². The lowest BCUT2D eigenvalue weighted by Gasteiger charge is -2.44. The molecule has 34 heavy (non-hydrogen) atoms. The first-order chi connectivity index (χ1) is 16.6. The number of thiophene rings is 1. The zero-order chi connectivity index (χ0) is 23.4. The molecule has 1 spiro atoms. The van der Waals surface area contributed by atoms with E-state index in [0.29, 0.717) is 5.56 Å². The number of amides is 2. The number of rotatable bonds is 5. The Morgan fingerprint density at radius 3 is 2.47 bits per heavy atom. The smallest absolute Gasteiger partial charge is 0.268 e. The van der Waals surface area contributed by atoms with E-state index in [1.54, 1.807) is 30.3 Å². The van der Waals surface area contributed by atoms with E-state index < -0.39 is 0 Å². The molecule has 174 valence electrons. The second-order valence-corrected chi connectivity index (χ2v) is 9.99. The molecule has 2 aliphatic rings. The lowest BCUT2D eigenvalue weighted by Crippen LogP contribution is -2.47. The van der Waals surface area contributed by atoms with Gasteiger partial charge in [-0.15, -0.1) is 11.3 Å². The summed E-state index contributed by atoms with van der Waals surface area (Å²) in [7, 11) is 0. The van der Waals surface area contributed by atoms with Gasteiger partial charge < -0.3 is 15.4 Å². The van der Waals surface area contributed by atoms with Crippen molar-refractivity contribution in [3.63, 3.8) is 0 Å². The van der Waals surface area contributed by atoms with Crippen LogP contribution in [0.25, 0.3) is 6.08 Å². The van der Waals surface area contributed by atoms with Crippen LogP contribution < -0.4 is 15.4 Å². The van der Waals surface area contributed by atoms with Crippen LogP contribution in [0.1, 0.15) is 65.4 Å². The van der Waals surface area contributed by atoms with Crippen molar-refractivity contribution < 1.29 is 14.3 Å². The minimum atomic E-state index is -0.310. The Labute approximate surface area is 203 Å². The quantitative estimate of drug-likeness (QED) is 0.457. The van der Waals surface area contributed by atoms with E-state index in [9.17, 15) is 9.59 Å². The number of carbonyl (C=O) groups excluding carboxylic acids is 2. The topological polar surface area (TPSA) is 67.4 Å². The normalized spacial score (nSPS) is 19.1. The number of benzene rings is 2. The first-order valence-corrected chi connectivity index (χ1v) is 12.7. The molecule has 1 fully saturated rings. The highest BCUT2D eigenvalue weighted by Crippen LogP contribution is 2.46. The molecule has 0 unspecified atom stereocenters. The van der Waals surface area contributed by atoms with Crippen LogP contribution in [-0.4, -0.2) is 17.4 Å². The maximum Gasteiger partial charge on any atom is 0.268 e. The summed E-state index contributed by atoms with van der Waals surface area (Å²) >= 11 is 1.52. The highest BCUT2D eigenvalue weighted by molar-refractivity contribution is 7.10. The molecule has 0 radical (unpaired) electrons. The van der Waals surface area contributed by atoms with Gasteiger partial charge in [0.25, 0.3) is 11.8 Å². The fourth-order valence-corrected chi connectivity index (χ4v) is 5.60. The molecule has 2 amide bonds. The van der Waals surface area contributed by atoms with Gasteiger partial charge in [-0.2, -0.15) is 0 Å². The van der Waals surface area contributed by atoms with Crippen molar-refractivity contribution in [2.24, 2.45) is 0 Å². The summed E-state index contributed by atoms with van der Waals surface area (Å²) in [6.07, 6.45) is 7.96. The second kappa shape index (κ2) is 9.85. The molecular weight excluding hydrogens is 444 g/mol. The number of ether oxygens (including phenoxy) is 1. The summed E-state index contributed by atoms with van der Waals surface area (Å²) in [5.41, 5.74) is 1.48.